The van der Waals surface area contributed by atoms with E-state index in [1.807, 2.05) is 0 Å². The van der Waals surface area contributed by atoms with Crippen molar-refractivity contribution in [2.75, 3.05) is 6.61 Å². The van der Waals surface area contributed by atoms with Crippen LogP contribution >= 0.6 is 0 Å². The maximum absolute atomic E-state index is 9.50. The molecule has 4 heteroatoms. The average Bonchev–Trinajstić information content (AvgIpc) is 2.20. The highest BCUT2D eigenvalue weighted by molar-refractivity contribution is 6.74. The second kappa shape index (κ2) is 5.47. The van der Waals surface area contributed by atoms with Gasteiger partial charge in [-0.15, -0.1) is 0 Å². The van der Waals surface area contributed by atoms with E-state index in [1.54, 1.807) is 0 Å². The molecule has 114 valence electrons. The molecule has 1 N–H and O–H groups in total. The van der Waals surface area contributed by atoms with Gasteiger partial charge in [-0.05, 0) is 32.0 Å². The van der Waals surface area contributed by atoms with Crippen LogP contribution in [0, 0.1) is 5.92 Å². The summed E-state index contributed by atoms with van der Waals surface area (Å²) in [6, 6.07) is 0. The molecule has 1 rings (SSSR count). The highest BCUT2D eigenvalue weighted by Gasteiger charge is 2.45. The molecule has 1 aliphatic heterocycles. The van der Waals surface area contributed by atoms with Gasteiger partial charge < -0.3 is 14.3 Å². The normalized spacial score (nSPS) is 32.4. The second-order valence-corrected chi connectivity index (χ2v) is 12.8. The van der Waals surface area contributed by atoms with Gasteiger partial charge in [0, 0.05) is 12.3 Å². The Morgan fingerprint density at radius 2 is 1.84 bits per heavy atom. The summed E-state index contributed by atoms with van der Waals surface area (Å²) in [6.07, 6.45) is 0.970. The van der Waals surface area contributed by atoms with E-state index in [9.17, 15) is 5.11 Å². The fourth-order valence-corrected chi connectivity index (χ4v) is 3.79. The Bertz CT molecular complexity index is 307. The summed E-state index contributed by atoms with van der Waals surface area (Å²) in [4.78, 5) is 0. The third-order valence-corrected chi connectivity index (χ3v) is 9.27. The number of rotatable bonds is 3. The minimum absolute atomic E-state index is 0.0714. The topological polar surface area (TPSA) is 38.7 Å². The van der Waals surface area contributed by atoms with Gasteiger partial charge in [0.25, 0.3) is 0 Å². The lowest BCUT2D eigenvalue weighted by molar-refractivity contribution is -0.180. The Kier molecular flexibility index (Phi) is 4.94. The Labute approximate surface area is 119 Å². The molecule has 3 nitrogen and oxygen atoms in total. The number of aliphatic hydroxyl groups excluding tert-OH is 1. The van der Waals surface area contributed by atoms with E-state index in [-0.39, 0.29) is 35.4 Å². The Morgan fingerprint density at radius 3 is 2.26 bits per heavy atom. The molecule has 0 spiro atoms. The third kappa shape index (κ3) is 4.03. The van der Waals surface area contributed by atoms with Crippen LogP contribution in [0.1, 0.15) is 48.0 Å². The first kappa shape index (κ1) is 17.1. The van der Waals surface area contributed by atoms with Crippen molar-refractivity contribution < 1.29 is 14.3 Å². The second-order valence-electron chi connectivity index (χ2n) is 8.08. The summed E-state index contributed by atoms with van der Waals surface area (Å²) in [6.45, 7) is 17.7. The first-order chi connectivity index (χ1) is 8.39. The molecule has 3 atom stereocenters. The molecule has 0 unspecified atom stereocenters. The van der Waals surface area contributed by atoms with Crippen LogP contribution in [0.25, 0.3) is 0 Å². The minimum atomic E-state index is -1.78. The van der Waals surface area contributed by atoms with Gasteiger partial charge >= 0.3 is 0 Å². The lowest BCUT2D eigenvalue weighted by Crippen LogP contribution is -2.54. The first-order valence-electron chi connectivity index (χ1n) is 7.36. The van der Waals surface area contributed by atoms with E-state index in [1.165, 1.54) is 0 Å². The predicted octanol–water partition coefficient (Wildman–Crippen LogP) is 3.57. The van der Waals surface area contributed by atoms with E-state index in [0.717, 1.165) is 6.42 Å². The van der Waals surface area contributed by atoms with Gasteiger partial charge in [0.2, 0.25) is 0 Å². The van der Waals surface area contributed by atoms with Gasteiger partial charge in [-0.25, -0.2) is 0 Å². The van der Waals surface area contributed by atoms with Gasteiger partial charge in [-0.1, -0.05) is 27.7 Å². The summed E-state index contributed by atoms with van der Waals surface area (Å²) < 4.78 is 12.5. The van der Waals surface area contributed by atoms with Crippen LogP contribution in [0.4, 0.5) is 0 Å². The fourth-order valence-electron chi connectivity index (χ4n) is 2.38. The molecule has 1 fully saturated rings. The summed E-state index contributed by atoms with van der Waals surface area (Å²) in [5.74, 6) is 0.243. The van der Waals surface area contributed by atoms with Crippen molar-refractivity contribution in [2.24, 2.45) is 5.92 Å². The van der Waals surface area contributed by atoms with E-state index in [4.69, 9.17) is 9.16 Å². The van der Waals surface area contributed by atoms with Crippen molar-refractivity contribution in [2.45, 2.75) is 83.9 Å². The molecule has 0 aromatic heterocycles. The molecule has 0 bridgehead atoms. The standard InChI is InChI=1S/C15H32O3Si/c1-11-12(18-19(7,8)14(2,3)4)9-15(5,6)17-13(11)10-16/h11-13,16H,9-10H2,1-8H3/t11-,12-,13-/m0/s1. The van der Waals surface area contributed by atoms with Crippen LogP contribution in [-0.2, 0) is 9.16 Å². The van der Waals surface area contributed by atoms with Crippen LogP contribution in [0.3, 0.4) is 0 Å². The SMILES string of the molecule is C[C@@H]1[C@H](CO)OC(C)(C)C[C@@H]1O[Si](C)(C)C(C)(C)C. The van der Waals surface area contributed by atoms with Crippen molar-refractivity contribution in [3.63, 3.8) is 0 Å². The zero-order valence-corrected chi connectivity index (χ0v) is 14.9. The molecule has 1 aliphatic rings. The molecule has 0 aromatic carbocycles. The van der Waals surface area contributed by atoms with Crippen LogP contribution in [0.5, 0.6) is 0 Å². The first-order valence-corrected chi connectivity index (χ1v) is 10.3. The monoisotopic (exact) mass is 288 g/mol. The maximum atomic E-state index is 9.50. The molecule has 1 heterocycles. The van der Waals surface area contributed by atoms with E-state index in [0.29, 0.717) is 0 Å². The van der Waals surface area contributed by atoms with Gasteiger partial charge in [0.05, 0.1) is 24.4 Å². The highest BCUT2D eigenvalue weighted by Crippen LogP contribution is 2.41. The zero-order chi connectivity index (χ0) is 15.1. The molecular formula is C15H32O3Si. The fraction of sp³-hybridized carbons (Fsp3) is 1.00. The number of aliphatic hydroxyl groups is 1. The number of ether oxygens (including phenoxy) is 1. The van der Waals surface area contributed by atoms with Crippen molar-refractivity contribution in [3.05, 3.63) is 0 Å². The smallest absolute Gasteiger partial charge is 0.192 e. The number of hydrogen-bond donors (Lipinski definition) is 1. The zero-order valence-electron chi connectivity index (χ0n) is 13.9. The molecule has 1 saturated heterocycles. The van der Waals surface area contributed by atoms with E-state index >= 15 is 0 Å². The van der Waals surface area contributed by atoms with E-state index < -0.39 is 8.32 Å². The molecular weight excluding hydrogens is 256 g/mol. The van der Waals surface area contributed by atoms with Crippen LogP contribution in [-0.4, -0.2) is 37.8 Å². The molecule has 0 aliphatic carbocycles. The molecule has 0 radical (unpaired) electrons. The van der Waals surface area contributed by atoms with Crippen molar-refractivity contribution in [1.29, 1.82) is 0 Å². The number of hydrogen-bond acceptors (Lipinski definition) is 3. The van der Waals surface area contributed by atoms with Crippen molar-refractivity contribution in [3.8, 4) is 0 Å². The quantitative estimate of drug-likeness (QED) is 0.807. The largest absolute Gasteiger partial charge is 0.413 e. The predicted molar refractivity (Wildman–Crippen MR) is 81.9 cm³/mol. The minimum Gasteiger partial charge on any atom is -0.413 e. The van der Waals surface area contributed by atoms with Crippen LogP contribution in [0.2, 0.25) is 18.1 Å². The summed E-state index contributed by atoms with van der Waals surface area (Å²) in [5.41, 5.74) is -0.215. The summed E-state index contributed by atoms with van der Waals surface area (Å²) >= 11 is 0. The van der Waals surface area contributed by atoms with E-state index in [2.05, 4.69) is 54.6 Å². The maximum Gasteiger partial charge on any atom is 0.192 e. The summed E-state index contributed by atoms with van der Waals surface area (Å²) in [7, 11) is -1.78. The average molecular weight is 289 g/mol. The van der Waals surface area contributed by atoms with Crippen molar-refractivity contribution >= 4 is 8.32 Å². The van der Waals surface area contributed by atoms with Crippen LogP contribution in [0.15, 0.2) is 0 Å². The molecule has 0 amide bonds. The molecule has 0 aromatic rings. The lowest BCUT2D eigenvalue weighted by atomic mass is 9.85. The summed E-state index contributed by atoms with van der Waals surface area (Å²) in [5, 5.41) is 9.71. The Morgan fingerprint density at radius 1 is 1.32 bits per heavy atom. The molecule has 0 saturated carbocycles. The lowest BCUT2D eigenvalue weighted by Gasteiger charge is -2.48. The third-order valence-electron chi connectivity index (χ3n) is 4.77. The van der Waals surface area contributed by atoms with Crippen LogP contribution < -0.4 is 0 Å². The van der Waals surface area contributed by atoms with Crippen molar-refractivity contribution in [1.82, 2.24) is 0 Å². The van der Waals surface area contributed by atoms with Gasteiger partial charge in [-0.3, -0.25) is 0 Å². The van der Waals surface area contributed by atoms with Gasteiger partial charge in [0.1, 0.15) is 0 Å². The molecule has 19 heavy (non-hydrogen) atoms. The highest BCUT2D eigenvalue weighted by atomic mass is 28.4. The Hall–Kier alpha value is 0.0969. The van der Waals surface area contributed by atoms with Gasteiger partial charge in [-0.2, -0.15) is 0 Å². The Balaban J connectivity index is 2.86. The van der Waals surface area contributed by atoms with Gasteiger partial charge in [0.15, 0.2) is 8.32 Å².